The lowest BCUT2D eigenvalue weighted by Crippen LogP contribution is -2.35. The van der Waals surface area contributed by atoms with E-state index in [9.17, 15) is 9.59 Å². The number of pyridine rings is 1. The van der Waals surface area contributed by atoms with Crippen LogP contribution in [0.1, 0.15) is 24.2 Å². The quantitative estimate of drug-likeness (QED) is 0.870. The summed E-state index contributed by atoms with van der Waals surface area (Å²) in [7, 11) is 0. The molecule has 2 N–H and O–H groups in total. The second-order valence-corrected chi connectivity index (χ2v) is 5.21. The molecule has 1 aromatic heterocycles. The average molecular weight is 315 g/mol. The second-order valence-electron chi connectivity index (χ2n) is 4.29. The highest BCUT2D eigenvalue weighted by Crippen LogP contribution is 2.11. The minimum Gasteiger partial charge on any atom is -0.481 e. The molecule has 0 saturated heterocycles. The maximum Gasteiger partial charge on any atom is 0.308 e. The highest BCUT2D eigenvalue weighted by Gasteiger charge is 2.22. The van der Waals surface area contributed by atoms with Crippen molar-refractivity contribution in [3.8, 4) is 0 Å². The molecular formula is C12H15BrN2O3. The highest BCUT2D eigenvalue weighted by molar-refractivity contribution is 9.10. The Hall–Kier alpha value is -1.43. The van der Waals surface area contributed by atoms with E-state index in [2.05, 4.69) is 26.2 Å². The summed E-state index contributed by atoms with van der Waals surface area (Å²) < 4.78 is 0.703. The molecule has 1 unspecified atom stereocenters. The number of hydrogen-bond acceptors (Lipinski definition) is 3. The van der Waals surface area contributed by atoms with Crippen LogP contribution in [0.25, 0.3) is 0 Å². The molecule has 18 heavy (non-hydrogen) atoms. The number of carboxylic acids is 1. The summed E-state index contributed by atoms with van der Waals surface area (Å²) in [5.41, 5.74) is 0.400. The molecule has 98 valence electrons. The van der Waals surface area contributed by atoms with Crippen LogP contribution in [-0.4, -0.2) is 28.5 Å². The fourth-order valence-corrected chi connectivity index (χ4v) is 1.81. The zero-order valence-corrected chi connectivity index (χ0v) is 11.8. The van der Waals surface area contributed by atoms with Gasteiger partial charge in [-0.25, -0.2) is 0 Å². The normalized spacial score (nSPS) is 12.2. The average Bonchev–Trinajstić information content (AvgIpc) is 2.28. The van der Waals surface area contributed by atoms with Gasteiger partial charge >= 0.3 is 5.97 Å². The zero-order chi connectivity index (χ0) is 13.7. The van der Waals surface area contributed by atoms with E-state index in [1.807, 2.05) is 13.8 Å². The minimum atomic E-state index is -0.905. The molecule has 1 amide bonds. The van der Waals surface area contributed by atoms with Crippen molar-refractivity contribution < 1.29 is 14.7 Å². The third-order valence-electron chi connectivity index (χ3n) is 2.57. The zero-order valence-electron chi connectivity index (χ0n) is 10.2. The second kappa shape index (κ2) is 6.49. The number of carbonyl (C=O) groups excluding carboxylic acids is 1. The molecule has 1 heterocycles. The minimum absolute atomic E-state index is 0.0385. The summed E-state index contributed by atoms with van der Waals surface area (Å²) in [5.74, 6) is -1.86. The smallest absolute Gasteiger partial charge is 0.308 e. The van der Waals surface area contributed by atoms with Crippen molar-refractivity contribution >= 4 is 27.8 Å². The highest BCUT2D eigenvalue weighted by atomic mass is 79.9. The van der Waals surface area contributed by atoms with Crippen LogP contribution < -0.4 is 5.32 Å². The van der Waals surface area contributed by atoms with Gasteiger partial charge in [0, 0.05) is 23.4 Å². The third-order valence-corrected chi connectivity index (χ3v) is 3.01. The molecule has 1 aromatic rings. The van der Waals surface area contributed by atoms with Crippen LogP contribution >= 0.6 is 15.9 Å². The number of carbonyl (C=O) groups is 2. The maximum atomic E-state index is 11.8. The predicted octanol–water partition coefficient (Wildman–Crippen LogP) is 1.93. The summed E-state index contributed by atoms with van der Waals surface area (Å²) in [6.45, 7) is 3.73. The van der Waals surface area contributed by atoms with Crippen molar-refractivity contribution in [2.24, 2.45) is 11.8 Å². The predicted molar refractivity (Wildman–Crippen MR) is 70.2 cm³/mol. The summed E-state index contributed by atoms with van der Waals surface area (Å²) in [4.78, 5) is 26.6. The summed E-state index contributed by atoms with van der Waals surface area (Å²) in [6, 6.07) is 1.63. The maximum absolute atomic E-state index is 11.8. The fraction of sp³-hybridized carbons (Fsp3) is 0.417. The summed E-state index contributed by atoms with van der Waals surface area (Å²) in [5, 5.41) is 11.6. The lowest BCUT2D eigenvalue weighted by Gasteiger charge is -2.16. The van der Waals surface area contributed by atoms with Gasteiger partial charge in [0.1, 0.15) is 0 Å². The topological polar surface area (TPSA) is 79.3 Å². The standard InChI is InChI=1S/C12H15BrN2O3/c1-7(2)10(12(17)18)6-15-11(16)8-3-9(13)5-14-4-8/h3-5,7,10H,6H2,1-2H3,(H,15,16)(H,17,18). The molecular weight excluding hydrogens is 300 g/mol. The van der Waals surface area contributed by atoms with Crippen LogP contribution in [0.5, 0.6) is 0 Å². The number of nitrogens with zero attached hydrogens (tertiary/aromatic N) is 1. The Morgan fingerprint density at radius 2 is 2.11 bits per heavy atom. The first kappa shape index (κ1) is 14.6. The first-order valence-electron chi connectivity index (χ1n) is 5.53. The van der Waals surface area contributed by atoms with E-state index in [0.717, 1.165) is 0 Å². The molecule has 0 aliphatic heterocycles. The molecule has 0 bridgehead atoms. The molecule has 0 radical (unpaired) electrons. The molecule has 0 aromatic carbocycles. The van der Waals surface area contributed by atoms with Gasteiger partial charge in [0.2, 0.25) is 0 Å². The number of halogens is 1. The Morgan fingerprint density at radius 1 is 1.44 bits per heavy atom. The molecule has 0 aliphatic rings. The van der Waals surface area contributed by atoms with E-state index in [4.69, 9.17) is 5.11 Å². The van der Waals surface area contributed by atoms with Crippen LogP contribution in [0, 0.1) is 11.8 Å². The third kappa shape index (κ3) is 4.10. The number of amides is 1. The Morgan fingerprint density at radius 3 is 2.61 bits per heavy atom. The molecule has 1 rings (SSSR count). The molecule has 0 fully saturated rings. The summed E-state index contributed by atoms with van der Waals surface area (Å²) in [6.07, 6.45) is 3.01. The van der Waals surface area contributed by atoms with Crippen molar-refractivity contribution in [1.82, 2.24) is 10.3 Å². The van der Waals surface area contributed by atoms with E-state index >= 15 is 0 Å². The van der Waals surface area contributed by atoms with Gasteiger partial charge in [-0.1, -0.05) is 13.8 Å². The number of aliphatic carboxylic acids is 1. The lowest BCUT2D eigenvalue weighted by molar-refractivity contribution is -0.142. The van der Waals surface area contributed by atoms with E-state index in [-0.39, 0.29) is 18.4 Å². The summed E-state index contributed by atoms with van der Waals surface area (Å²) >= 11 is 3.22. The van der Waals surface area contributed by atoms with Gasteiger partial charge in [-0.05, 0) is 27.9 Å². The van der Waals surface area contributed by atoms with Gasteiger partial charge in [-0.3, -0.25) is 14.6 Å². The van der Waals surface area contributed by atoms with Gasteiger partial charge in [0.15, 0.2) is 0 Å². The van der Waals surface area contributed by atoms with Crippen LogP contribution in [0.3, 0.4) is 0 Å². The van der Waals surface area contributed by atoms with Crippen LogP contribution in [0.15, 0.2) is 22.9 Å². The molecule has 0 saturated carbocycles. The Bertz CT molecular complexity index is 449. The fourth-order valence-electron chi connectivity index (χ4n) is 1.45. The van der Waals surface area contributed by atoms with Crippen LogP contribution in [-0.2, 0) is 4.79 Å². The van der Waals surface area contributed by atoms with Crippen molar-refractivity contribution in [1.29, 1.82) is 0 Å². The Kier molecular flexibility index (Phi) is 5.27. The van der Waals surface area contributed by atoms with Crippen molar-refractivity contribution in [2.45, 2.75) is 13.8 Å². The number of rotatable bonds is 5. The lowest BCUT2D eigenvalue weighted by atomic mass is 9.96. The van der Waals surface area contributed by atoms with E-state index < -0.39 is 11.9 Å². The number of aromatic nitrogens is 1. The van der Waals surface area contributed by atoms with Gasteiger partial charge < -0.3 is 10.4 Å². The monoisotopic (exact) mass is 314 g/mol. The van der Waals surface area contributed by atoms with Crippen molar-refractivity contribution in [2.75, 3.05) is 6.54 Å². The Balaban J connectivity index is 2.63. The van der Waals surface area contributed by atoms with Crippen LogP contribution in [0.4, 0.5) is 0 Å². The number of carboxylic acid groups (broad SMARTS) is 1. The van der Waals surface area contributed by atoms with E-state index in [1.54, 1.807) is 12.3 Å². The van der Waals surface area contributed by atoms with Gasteiger partial charge in [0.25, 0.3) is 5.91 Å². The first-order valence-corrected chi connectivity index (χ1v) is 6.32. The first-order chi connectivity index (χ1) is 8.41. The Labute approximate surface area is 114 Å². The molecule has 0 spiro atoms. The van der Waals surface area contributed by atoms with Gasteiger partial charge in [-0.2, -0.15) is 0 Å². The van der Waals surface area contributed by atoms with Crippen molar-refractivity contribution in [3.05, 3.63) is 28.5 Å². The van der Waals surface area contributed by atoms with Gasteiger partial charge in [-0.15, -0.1) is 0 Å². The SMILES string of the molecule is CC(C)C(CNC(=O)c1cncc(Br)c1)C(=O)O. The number of hydrogen-bond donors (Lipinski definition) is 2. The molecule has 5 nitrogen and oxygen atoms in total. The molecule has 0 aliphatic carbocycles. The number of nitrogens with one attached hydrogen (secondary N) is 1. The van der Waals surface area contributed by atoms with Crippen molar-refractivity contribution in [3.63, 3.8) is 0 Å². The molecule has 6 heteroatoms. The van der Waals surface area contributed by atoms with E-state index in [1.165, 1.54) is 6.20 Å². The van der Waals surface area contributed by atoms with E-state index in [0.29, 0.717) is 10.0 Å². The van der Waals surface area contributed by atoms with Gasteiger partial charge in [0.05, 0.1) is 11.5 Å². The molecule has 1 atom stereocenters. The largest absolute Gasteiger partial charge is 0.481 e. The van der Waals surface area contributed by atoms with Crippen LogP contribution in [0.2, 0.25) is 0 Å².